The van der Waals surface area contributed by atoms with E-state index in [-0.39, 0.29) is 11.8 Å². The highest BCUT2D eigenvalue weighted by atomic mass is 16.3. The molecule has 12 heavy (non-hydrogen) atoms. The molecule has 0 spiro atoms. The Balaban J connectivity index is 2.77. The molecule has 0 amide bonds. The lowest BCUT2D eigenvalue weighted by atomic mass is 10.2. The molecule has 62 valence electrons. The van der Waals surface area contributed by atoms with Crippen molar-refractivity contribution in [2.45, 2.75) is 13.0 Å². The van der Waals surface area contributed by atoms with Crippen LogP contribution in [0.2, 0.25) is 0 Å². The van der Waals surface area contributed by atoms with E-state index in [0.29, 0.717) is 5.69 Å². The van der Waals surface area contributed by atoms with Gasteiger partial charge in [-0.2, -0.15) is 5.26 Å². The normalized spacial score (nSPS) is 11.7. The van der Waals surface area contributed by atoms with E-state index < -0.39 is 0 Å². The van der Waals surface area contributed by atoms with Crippen molar-refractivity contribution in [2.24, 2.45) is 0 Å². The molecule has 0 saturated carbocycles. The van der Waals surface area contributed by atoms with Gasteiger partial charge in [-0.25, -0.2) is 0 Å². The zero-order valence-corrected chi connectivity index (χ0v) is 6.78. The quantitative estimate of drug-likeness (QED) is 0.651. The van der Waals surface area contributed by atoms with Crippen molar-refractivity contribution >= 4 is 5.69 Å². The molecule has 0 heterocycles. The maximum atomic E-state index is 9.28. The Morgan fingerprint density at radius 1 is 1.50 bits per heavy atom. The van der Waals surface area contributed by atoms with E-state index in [9.17, 15) is 5.11 Å². The lowest BCUT2D eigenvalue weighted by Crippen LogP contribution is -2.11. The first kappa shape index (κ1) is 8.41. The minimum atomic E-state index is -0.293. The number of anilines is 1. The Morgan fingerprint density at radius 3 is 2.75 bits per heavy atom. The molecule has 1 aromatic carbocycles. The van der Waals surface area contributed by atoms with E-state index in [2.05, 4.69) is 5.32 Å². The van der Waals surface area contributed by atoms with Gasteiger partial charge in [-0.3, -0.25) is 0 Å². The van der Waals surface area contributed by atoms with Crippen LogP contribution in [0, 0.1) is 11.3 Å². The monoisotopic (exact) mass is 162 g/mol. The van der Waals surface area contributed by atoms with E-state index in [1.165, 1.54) is 0 Å². The van der Waals surface area contributed by atoms with Crippen molar-refractivity contribution < 1.29 is 5.11 Å². The highest BCUT2D eigenvalue weighted by molar-refractivity contribution is 5.56. The van der Waals surface area contributed by atoms with E-state index >= 15 is 0 Å². The molecule has 1 unspecified atom stereocenters. The summed E-state index contributed by atoms with van der Waals surface area (Å²) in [5.74, 6) is 0.166. The van der Waals surface area contributed by atoms with Gasteiger partial charge in [0.25, 0.3) is 0 Å². The minimum Gasteiger partial charge on any atom is -0.506 e. The minimum absolute atomic E-state index is 0.166. The topological polar surface area (TPSA) is 56.0 Å². The standard InChI is InChI=1S/C9H10N2O/c1-7(6-10)11-8-4-2-3-5-9(8)12/h2-5,7,11-12H,1H3. The molecule has 1 aromatic rings. The Hall–Kier alpha value is -1.69. The largest absolute Gasteiger partial charge is 0.506 e. The van der Waals surface area contributed by atoms with Crippen molar-refractivity contribution in [3.8, 4) is 11.8 Å². The third-order valence-corrected chi connectivity index (χ3v) is 1.47. The summed E-state index contributed by atoms with van der Waals surface area (Å²) in [5.41, 5.74) is 0.589. The van der Waals surface area contributed by atoms with E-state index in [1.54, 1.807) is 31.2 Å². The molecule has 0 fully saturated rings. The number of aromatic hydroxyl groups is 1. The number of benzene rings is 1. The van der Waals surface area contributed by atoms with Crippen LogP contribution in [-0.2, 0) is 0 Å². The number of phenols is 1. The Labute approximate surface area is 71.3 Å². The van der Waals surface area contributed by atoms with Gasteiger partial charge in [-0.1, -0.05) is 12.1 Å². The van der Waals surface area contributed by atoms with Gasteiger partial charge in [0, 0.05) is 0 Å². The summed E-state index contributed by atoms with van der Waals surface area (Å²) >= 11 is 0. The van der Waals surface area contributed by atoms with Gasteiger partial charge in [-0.15, -0.1) is 0 Å². The zero-order valence-electron chi connectivity index (χ0n) is 6.78. The summed E-state index contributed by atoms with van der Waals surface area (Å²) in [6.45, 7) is 1.73. The third-order valence-electron chi connectivity index (χ3n) is 1.47. The highest BCUT2D eigenvalue weighted by Crippen LogP contribution is 2.21. The first-order chi connectivity index (χ1) is 5.74. The molecule has 2 N–H and O–H groups in total. The Morgan fingerprint density at radius 2 is 2.17 bits per heavy atom. The number of hydrogen-bond donors (Lipinski definition) is 2. The van der Waals surface area contributed by atoms with Gasteiger partial charge in [0.15, 0.2) is 0 Å². The van der Waals surface area contributed by atoms with E-state index in [1.807, 2.05) is 6.07 Å². The number of hydrogen-bond acceptors (Lipinski definition) is 3. The van der Waals surface area contributed by atoms with Crippen LogP contribution in [0.25, 0.3) is 0 Å². The molecule has 0 aromatic heterocycles. The summed E-state index contributed by atoms with van der Waals surface area (Å²) < 4.78 is 0. The van der Waals surface area contributed by atoms with Crippen LogP contribution < -0.4 is 5.32 Å². The Kier molecular flexibility index (Phi) is 2.54. The van der Waals surface area contributed by atoms with Gasteiger partial charge in [-0.05, 0) is 19.1 Å². The SMILES string of the molecule is CC(C#N)Nc1ccccc1O. The second-order valence-electron chi connectivity index (χ2n) is 2.51. The van der Waals surface area contributed by atoms with Crippen LogP contribution >= 0.6 is 0 Å². The lowest BCUT2D eigenvalue weighted by Gasteiger charge is -2.08. The number of para-hydroxylation sites is 2. The summed E-state index contributed by atoms with van der Waals surface area (Å²) in [6, 6.07) is 8.56. The van der Waals surface area contributed by atoms with Crippen molar-refractivity contribution in [2.75, 3.05) is 5.32 Å². The fourth-order valence-corrected chi connectivity index (χ4v) is 0.861. The molecular formula is C9H10N2O. The van der Waals surface area contributed by atoms with E-state index in [4.69, 9.17) is 5.26 Å². The summed E-state index contributed by atoms with van der Waals surface area (Å²) in [7, 11) is 0. The van der Waals surface area contributed by atoms with Crippen LogP contribution in [-0.4, -0.2) is 11.1 Å². The number of nitriles is 1. The number of rotatable bonds is 2. The maximum Gasteiger partial charge on any atom is 0.138 e. The molecule has 1 rings (SSSR count). The molecule has 0 bridgehead atoms. The van der Waals surface area contributed by atoms with Crippen LogP contribution in [0.4, 0.5) is 5.69 Å². The predicted octanol–water partition coefficient (Wildman–Crippen LogP) is 1.72. The van der Waals surface area contributed by atoms with Gasteiger partial charge in [0.1, 0.15) is 11.8 Å². The molecule has 0 radical (unpaired) electrons. The number of phenolic OH excluding ortho intramolecular Hbond substituents is 1. The summed E-state index contributed by atoms with van der Waals surface area (Å²) in [5, 5.41) is 20.6. The maximum absolute atomic E-state index is 9.28. The smallest absolute Gasteiger partial charge is 0.138 e. The average Bonchev–Trinajstić information content (AvgIpc) is 2.09. The summed E-state index contributed by atoms with van der Waals surface area (Å²) in [4.78, 5) is 0. The fourth-order valence-electron chi connectivity index (χ4n) is 0.861. The molecule has 1 atom stereocenters. The first-order valence-corrected chi connectivity index (χ1v) is 3.68. The van der Waals surface area contributed by atoms with E-state index in [0.717, 1.165) is 0 Å². The van der Waals surface area contributed by atoms with Crippen molar-refractivity contribution in [3.63, 3.8) is 0 Å². The van der Waals surface area contributed by atoms with Gasteiger partial charge in [0.05, 0.1) is 11.8 Å². The van der Waals surface area contributed by atoms with Crippen LogP contribution in [0.5, 0.6) is 5.75 Å². The third kappa shape index (κ3) is 1.89. The first-order valence-electron chi connectivity index (χ1n) is 3.68. The number of nitrogens with one attached hydrogen (secondary N) is 1. The van der Waals surface area contributed by atoms with Crippen LogP contribution in [0.3, 0.4) is 0 Å². The van der Waals surface area contributed by atoms with Gasteiger partial charge in [0.2, 0.25) is 0 Å². The van der Waals surface area contributed by atoms with Crippen molar-refractivity contribution in [1.82, 2.24) is 0 Å². The van der Waals surface area contributed by atoms with Crippen molar-refractivity contribution in [3.05, 3.63) is 24.3 Å². The second-order valence-corrected chi connectivity index (χ2v) is 2.51. The molecular weight excluding hydrogens is 152 g/mol. The average molecular weight is 162 g/mol. The highest BCUT2D eigenvalue weighted by Gasteiger charge is 2.02. The Bertz CT molecular complexity index is 304. The fraction of sp³-hybridized carbons (Fsp3) is 0.222. The van der Waals surface area contributed by atoms with Crippen LogP contribution in [0.1, 0.15) is 6.92 Å². The molecule has 0 aliphatic heterocycles. The van der Waals surface area contributed by atoms with Gasteiger partial charge < -0.3 is 10.4 Å². The molecule has 0 aliphatic carbocycles. The second kappa shape index (κ2) is 3.63. The van der Waals surface area contributed by atoms with Gasteiger partial charge >= 0.3 is 0 Å². The molecule has 0 saturated heterocycles. The molecule has 0 aliphatic rings. The summed E-state index contributed by atoms with van der Waals surface area (Å²) in [6.07, 6.45) is 0. The lowest BCUT2D eigenvalue weighted by molar-refractivity contribution is 0.477. The van der Waals surface area contributed by atoms with Crippen LogP contribution in [0.15, 0.2) is 24.3 Å². The molecule has 3 heteroatoms. The van der Waals surface area contributed by atoms with Crippen molar-refractivity contribution in [1.29, 1.82) is 5.26 Å². The number of nitrogens with zero attached hydrogens (tertiary/aromatic N) is 1. The predicted molar refractivity (Wildman–Crippen MR) is 46.8 cm³/mol. The molecule has 3 nitrogen and oxygen atoms in total. The zero-order chi connectivity index (χ0) is 8.97.